The summed E-state index contributed by atoms with van der Waals surface area (Å²) < 4.78 is 29.2. The van der Waals surface area contributed by atoms with E-state index in [9.17, 15) is 10.0 Å². The fourth-order valence-corrected chi connectivity index (χ4v) is 5.24. The van der Waals surface area contributed by atoms with Crippen LogP contribution in [0.4, 0.5) is 9.18 Å². The molecule has 210 valence electrons. The lowest BCUT2D eigenvalue weighted by molar-refractivity contribution is -0.615. The molecule has 1 atom stereocenters. The second-order valence-corrected chi connectivity index (χ2v) is 9.87. The number of rotatable bonds is 8. The van der Waals surface area contributed by atoms with E-state index < -0.39 is 11.9 Å². The predicted octanol–water partition coefficient (Wildman–Crippen LogP) is 3.52. The molecule has 3 aromatic heterocycles. The van der Waals surface area contributed by atoms with Crippen molar-refractivity contribution >= 4 is 17.7 Å². The molecule has 12 nitrogen and oxygen atoms in total. The van der Waals surface area contributed by atoms with Crippen molar-refractivity contribution in [1.82, 2.24) is 34.9 Å². The molecule has 1 saturated heterocycles. The molecule has 0 N–H and O–H groups in total. The van der Waals surface area contributed by atoms with Crippen LogP contribution in [0.5, 0.6) is 0 Å². The summed E-state index contributed by atoms with van der Waals surface area (Å²) in [5.41, 5.74) is 2.21. The fraction of sp³-hybridized carbons (Fsp3) is 0.385. The Morgan fingerprint density at radius 3 is 2.73 bits per heavy atom. The molecule has 1 aliphatic heterocycles. The van der Waals surface area contributed by atoms with E-state index in [0.29, 0.717) is 43.1 Å². The Balaban J connectivity index is 1.44. The lowest BCUT2D eigenvalue weighted by Crippen LogP contribution is -2.37. The van der Waals surface area contributed by atoms with E-state index in [-0.39, 0.29) is 22.6 Å². The number of aromatic nitrogens is 7. The molecule has 1 aliphatic rings. The van der Waals surface area contributed by atoms with Crippen molar-refractivity contribution in [3.05, 3.63) is 76.5 Å². The molecule has 1 aromatic carbocycles. The van der Waals surface area contributed by atoms with Crippen molar-refractivity contribution in [1.29, 1.82) is 0 Å². The molecule has 0 bridgehead atoms. The summed E-state index contributed by atoms with van der Waals surface area (Å²) in [4.78, 5) is 13.5. The van der Waals surface area contributed by atoms with Crippen molar-refractivity contribution < 1.29 is 23.4 Å². The lowest BCUT2D eigenvalue weighted by Gasteiger charge is -2.30. The van der Waals surface area contributed by atoms with E-state index >= 15 is 4.39 Å². The van der Waals surface area contributed by atoms with Gasteiger partial charge in [-0.05, 0) is 52.9 Å². The molecule has 1 unspecified atom stereocenters. The topological polar surface area (TPSA) is 127 Å². The number of hydrogen-bond acceptors (Lipinski definition) is 8. The molecular formula is C26H28ClFN8O4. The maximum Gasteiger partial charge on any atom is 0.409 e. The number of piperidine rings is 1. The van der Waals surface area contributed by atoms with Crippen LogP contribution in [-0.2, 0) is 9.47 Å². The molecule has 1 amide bonds. The Morgan fingerprint density at radius 1 is 1.25 bits per heavy atom. The Morgan fingerprint density at radius 2 is 2.05 bits per heavy atom. The van der Waals surface area contributed by atoms with E-state index in [4.69, 9.17) is 21.1 Å². The van der Waals surface area contributed by atoms with Gasteiger partial charge in [0.25, 0.3) is 0 Å². The van der Waals surface area contributed by atoms with E-state index in [1.165, 1.54) is 30.4 Å². The molecule has 0 spiro atoms. The number of amides is 1. The van der Waals surface area contributed by atoms with Gasteiger partial charge in [-0.1, -0.05) is 11.6 Å². The number of nitrogens with zero attached hydrogens (tertiary/aromatic N) is 8. The Labute approximate surface area is 234 Å². The van der Waals surface area contributed by atoms with Gasteiger partial charge < -0.3 is 19.6 Å². The van der Waals surface area contributed by atoms with Gasteiger partial charge in [-0.2, -0.15) is 14.5 Å². The number of halogens is 2. The minimum absolute atomic E-state index is 0.0900. The van der Waals surface area contributed by atoms with Crippen molar-refractivity contribution in [2.75, 3.05) is 33.9 Å². The summed E-state index contributed by atoms with van der Waals surface area (Å²) >= 11 is 6.08. The van der Waals surface area contributed by atoms with Gasteiger partial charge in [-0.3, -0.25) is 4.68 Å². The monoisotopic (exact) mass is 570 g/mol. The quantitative estimate of drug-likeness (QED) is 0.232. The van der Waals surface area contributed by atoms with E-state index in [0.717, 1.165) is 23.1 Å². The zero-order chi connectivity index (χ0) is 28.2. The molecule has 14 heteroatoms. The number of tetrazole rings is 1. The average Bonchev–Trinajstić information content (AvgIpc) is 3.68. The highest BCUT2D eigenvalue weighted by atomic mass is 35.5. The zero-order valence-corrected chi connectivity index (χ0v) is 22.7. The average molecular weight is 571 g/mol. The zero-order valence-electron chi connectivity index (χ0n) is 22.0. The van der Waals surface area contributed by atoms with Crippen LogP contribution < -0.4 is 4.73 Å². The summed E-state index contributed by atoms with van der Waals surface area (Å²) in [6.45, 7) is 1.60. The van der Waals surface area contributed by atoms with Gasteiger partial charge in [0.15, 0.2) is 12.0 Å². The SMILES string of the molecule is COCCC(c1ccc(-c2c(-n3cnnn3)ccc(Cl)c2F)c[n+]1[O-])n1cc(C2CCN(C(=O)OC)CC2)cn1. The minimum Gasteiger partial charge on any atom is -0.618 e. The number of pyridine rings is 1. The van der Waals surface area contributed by atoms with E-state index in [1.54, 1.807) is 34.9 Å². The Bertz CT molecular complexity index is 1470. The van der Waals surface area contributed by atoms with Crippen LogP contribution in [0.2, 0.25) is 5.02 Å². The van der Waals surface area contributed by atoms with Gasteiger partial charge in [0, 0.05) is 45.5 Å². The Kier molecular flexibility index (Phi) is 8.21. The third kappa shape index (κ3) is 5.47. The second kappa shape index (κ2) is 12.0. The molecule has 40 heavy (non-hydrogen) atoms. The molecule has 0 saturated carbocycles. The standard InChI is InChI=1S/C26H28ClFN8O4/c1-39-12-9-21(34-14-19(13-30-34)17-7-10-33(11-8-17)26(37)40-2)22-5-3-18(15-36(22)38)24-23(35-16-29-31-32-35)6-4-20(27)25(24)28/h3-6,13-17,21H,7-12H2,1-2H3. The Hall–Kier alpha value is -4.10. The predicted molar refractivity (Wildman–Crippen MR) is 141 cm³/mol. The van der Waals surface area contributed by atoms with Crippen LogP contribution in [0.15, 0.2) is 49.2 Å². The fourth-order valence-electron chi connectivity index (χ4n) is 5.08. The molecule has 4 heterocycles. The van der Waals surface area contributed by atoms with E-state index in [2.05, 4.69) is 20.6 Å². The normalized spacial score (nSPS) is 14.8. The summed E-state index contributed by atoms with van der Waals surface area (Å²) in [7, 11) is 2.98. The largest absolute Gasteiger partial charge is 0.618 e. The number of hydrogen-bond donors (Lipinski definition) is 0. The summed E-state index contributed by atoms with van der Waals surface area (Å²) in [5, 5.41) is 29.0. The van der Waals surface area contributed by atoms with Crippen LogP contribution >= 0.6 is 11.6 Å². The first-order chi connectivity index (χ1) is 19.4. The first-order valence-corrected chi connectivity index (χ1v) is 13.1. The molecule has 4 aromatic rings. The minimum atomic E-state index is -0.687. The highest BCUT2D eigenvalue weighted by molar-refractivity contribution is 6.31. The highest BCUT2D eigenvalue weighted by Gasteiger charge is 2.28. The van der Waals surface area contributed by atoms with Gasteiger partial charge in [-0.15, -0.1) is 5.10 Å². The second-order valence-electron chi connectivity index (χ2n) is 9.46. The number of methoxy groups -OCH3 is 2. The van der Waals surface area contributed by atoms with Gasteiger partial charge in [0.1, 0.15) is 12.4 Å². The number of carbonyl (C=O) groups excluding carboxylic acids is 1. The lowest BCUT2D eigenvalue weighted by atomic mass is 9.92. The first kappa shape index (κ1) is 27.5. The molecule has 1 fully saturated rings. The summed E-state index contributed by atoms with van der Waals surface area (Å²) in [6.07, 6.45) is 8.14. The molecule has 5 rings (SSSR count). The van der Waals surface area contributed by atoms with Crippen molar-refractivity contribution in [3.63, 3.8) is 0 Å². The number of likely N-dealkylation sites (tertiary alicyclic amines) is 1. The summed E-state index contributed by atoms with van der Waals surface area (Å²) in [5.74, 6) is -0.455. The van der Waals surface area contributed by atoms with Gasteiger partial charge in [0.05, 0.1) is 35.1 Å². The number of ether oxygens (including phenoxy) is 2. The number of benzene rings is 1. The maximum absolute atomic E-state index is 15.2. The van der Waals surface area contributed by atoms with Crippen LogP contribution in [0.1, 0.15) is 42.5 Å². The van der Waals surface area contributed by atoms with Crippen LogP contribution in [-0.4, -0.2) is 74.9 Å². The van der Waals surface area contributed by atoms with Gasteiger partial charge in [-0.25, -0.2) is 9.18 Å². The highest BCUT2D eigenvalue weighted by Crippen LogP contribution is 2.34. The number of carbonyl (C=O) groups is 1. The maximum atomic E-state index is 15.2. The van der Waals surface area contributed by atoms with Crippen molar-refractivity contribution in [2.24, 2.45) is 0 Å². The van der Waals surface area contributed by atoms with Gasteiger partial charge in [0.2, 0.25) is 5.69 Å². The molecular weight excluding hydrogens is 543 g/mol. The van der Waals surface area contributed by atoms with Crippen LogP contribution in [0.3, 0.4) is 0 Å². The third-order valence-electron chi connectivity index (χ3n) is 7.18. The molecule has 0 aliphatic carbocycles. The summed E-state index contributed by atoms with van der Waals surface area (Å²) in [6, 6.07) is 5.88. The first-order valence-electron chi connectivity index (χ1n) is 12.7. The van der Waals surface area contributed by atoms with E-state index in [1.807, 2.05) is 12.4 Å². The van der Waals surface area contributed by atoms with Crippen molar-refractivity contribution in [2.45, 2.75) is 31.2 Å². The molecule has 0 radical (unpaired) electrons. The van der Waals surface area contributed by atoms with Crippen molar-refractivity contribution in [3.8, 4) is 16.8 Å². The van der Waals surface area contributed by atoms with Gasteiger partial charge >= 0.3 is 6.09 Å². The van der Waals surface area contributed by atoms with Crippen LogP contribution in [0.25, 0.3) is 16.8 Å². The smallest absolute Gasteiger partial charge is 0.409 e. The third-order valence-corrected chi connectivity index (χ3v) is 7.47. The van der Waals surface area contributed by atoms with Crippen LogP contribution in [0, 0.1) is 11.0 Å².